The number of ether oxygens (including phenoxy) is 2. The Morgan fingerprint density at radius 3 is 2.62 bits per heavy atom. The maximum Gasteiger partial charge on any atom is 0.129 e. The lowest BCUT2D eigenvalue weighted by atomic mass is 10.1. The van der Waals surface area contributed by atoms with Gasteiger partial charge in [0.05, 0.1) is 25.3 Å². The zero-order chi connectivity index (χ0) is 15.4. The van der Waals surface area contributed by atoms with Crippen LogP contribution in [0.3, 0.4) is 0 Å². The molecule has 0 spiro atoms. The van der Waals surface area contributed by atoms with E-state index in [2.05, 4.69) is 25.8 Å². The van der Waals surface area contributed by atoms with Crippen molar-refractivity contribution in [2.75, 3.05) is 12.8 Å². The largest absolute Gasteiger partial charge is 0.497 e. The first-order chi connectivity index (χ1) is 9.99. The van der Waals surface area contributed by atoms with Gasteiger partial charge in [-0.1, -0.05) is 13.8 Å². The molecule has 1 aromatic carbocycles. The number of nitrogens with zero attached hydrogens (tertiary/aromatic N) is 1. The van der Waals surface area contributed by atoms with Crippen LogP contribution in [0.2, 0.25) is 0 Å². The summed E-state index contributed by atoms with van der Waals surface area (Å²) in [6.45, 7) is 6.97. The number of hydrogen-bond donors (Lipinski definition) is 1. The highest BCUT2D eigenvalue weighted by Crippen LogP contribution is 2.24. The van der Waals surface area contributed by atoms with Gasteiger partial charge in [-0.2, -0.15) is 0 Å². The summed E-state index contributed by atoms with van der Waals surface area (Å²) >= 11 is 0. The van der Waals surface area contributed by atoms with Crippen molar-refractivity contribution in [2.24, 2.45) is 5.92 Å². The Kier molecular flexibility index (Phi) is 5.02. The molecule has 0 bridgehead atoms. The molecule has 0 amide bonds. The average Bonchev–Trinajstić information content (AvgIpc) is 2.43. The van der Waals surface area contributed by atoms with Crippen molar-refractivity contribution in [3.63, 3.8) is 0 Å². The minimum atomic E-state index is 0.218. The van der Waals surface area contributed by atoms with Gasteiger partial charge in [0.2, 0.25) is 0 Å². The summed E-state index contributed by atoms with van der Waals surface area (Å²) in [6.07, 6.45) is 1.26. The van der Waals surface area contributed by atoms with Crippen LogP contribution in [0.25, 0.3) is 10.9 Å². The molecule has 1 heterocycles. The van der Waals surface area contributed by atoms with Crippen LogP contribution in [0, 0.1) is 5.92 Å². The molecule has 2 N–H and O–H groups in total. The monoisotopic (exact) mass is 288 g/mol. The Bertz CT molecular complexity index is 611. The second kappa shape index (κ2) is 6.76. The molecule has 0 saturated heterocycles. The summed E-state index contributed by atoms with van der Waals surface area (Å²) in [6, 6.07) is 7.84. The number of aromatic nitrogens is 1. The first kappa shape index (κ1) is 15.6. The van der Waals surface area contributed by atoms with Gasteiger partial charge >= 0.3 is 0 Å². The summed E-state index contributed by atoms with van der Waals surface area (Å²) in [4.78, 5) is 4.44. The van der Waals surface area contributed by atoms with Crippen LogP contribution in [0.5, 0.6) is 5.75 Å². The maximum absolute atomic E-state index is 6.03. The Hall–Kier alpha value is -1.81. The van der Waals surface area contributed by atoms with Crippen molar-refractivity contribution in [2.45, 2.75) is 39.9 Å². The van der Waals surface area contributed by atoms with E-state index in [4.69, 9.17) is 15.2 Å². The van der Waals surface area contributed by atoms with Crippen LogP contribution in [-0.2, 0) is 11.3 Å². The predicted octanol–water partition coefficient (Wildman–Crippen LogP) is 3.78. The van der Waals surface area contributed by atoms with E-state index in [1.807, 2.05) is 24.3 Å². The van der Waals surface area contributed by atoms with E-state index in [0.717, 1.165) is 28.6 Å². The molecule has 0 aliphatic heterocycles. The summed E-state index contributed by atoms with van der Waals surface area (Å²) in [5.41, 5.74) is 7.81. The van der Waals surface area contributed by atoms with E-state index >= 15 is 0 Å². The maximum atomic E-state index is 6.03. The highest BCUT2D eigenvalue weighted by molar-refractivity contribution is 5.82. The van der Waals surface area contributed by atoms with Gasteiger partial charge in [0.1, 0.15) is 11.6 Å². The van der Waals surface area contributed by atoms with Crippen molar-refractivity contribution < 1.29 is 9.47 Å². The number of nitrogens with two attached hydrogens (primary N) is 1. The van der Waals surface area contributed by atoms with Crippen LogP contribution in [0.1, 0.15) is 32.8 Å². The van der Waals surface area contributed by atoms with Gasteiger partial charge in [0.15, 0.2) is 0 Å². The van der Waals surface area contributed by atoms with Gasteiger partial charge in [-0.15, -0.1) is 0 Å². The Morgan fingerprint density at radius 2 is 1.95 bits per heavy atom. The molecule has 1 unspecified atom stereocenters. The fourth-order valence-electron chi connectivity index (χ4n) is 2.41. The van der Waals surface area contributed by atoms with Crippen molar-refractivity contribution >= 4 is 16.7 Å². The molecular formula is C17H24N2O2. The number of fused-ring (bicyclic) bond motifs is 1. The molecule has 1 atom stereocenters. The zero-order valence-electron chi connectivity index (χ0n) is 13.2. The van der Waals surface area contributed by atoms with Gasteiger partial charge in [0.25, 0.3) is 0 Å². The standard InChI is InChI=1S/C17H24N2O2/c1-11(2)7-12(3)21-10-14-8-13-5-6-15(20-4)9-16(13)19-17(14)18/h5-6,8-9,11-12H,7,10H2,1-4H3,(H2,18,19). The third-order valence-corrected chi connectivity index (χ3v) is 3.46. The number of rotatable bonds is 6. The number of nitrogen functional groups attached to an aromatic ring is 1. The SMILES string of the molecule is COc1ccc2cc(COC(C)CC(C)C)c(N)nc2c1. The first-order valence-corrected chi connectivity index (χ1v) is 7.34. The van der Waals surface area contributed by atoms with Gasteiger partial charge in [-0.25, -0.2) is 4.98 Å². The Morgan fingerprint density at radius 1 is 1.19 bits per heavy atom. The lowest BCUT2D eigenvalue weighted by Crippen LogP contribution is -2.12. The fraction of sp³-hybridized carbons (Fsp3) is 0.471. The summed E-state index contributed by atoms with van der Waals surface area (Å²) in [5.74, 6) is 1.93. The number of anilines is 1. The van der Waals surface area contributed by atoms with Crippen LogP contribution in [-0.4, -0.2) is 18.2 Å². The third-order valence-electron chi connectivity index (χ3n) is 3.46. The molecule has 1 aromatic heterocycles. The van der Waals surface area contributed by atoms with Crippen molar-refractivity contribution in [1.82, 2.24) is 4.98 Å². The van der Waals surface area contributed by atoms with Crippen LogP contribution < -0.4 is 10.5 Å². The number of methoxy groups -OCH3 is 1. The van der Waals surface area contributed by atoms with E-state index in [0.29, 0.717) is 18.3 Å². The van der Waals surface area contributed by atoms with Crippen LogP contribution in [0.4, 0.5) is 5.82 Å². The third kappa shape index (κ3) is 4.08. The zero-order valence-corrected chi connectivity index (χ0v) is 13.2. The molecule has 114 valence electrons. The molecule has 0 fully saturated rings. The quantitative estimate of drug-likeness (QED) is 0.879. The number of hydrogen-bond acceptors (Lipinski definition) is 4. The molecule has 4 nitrogen and oxygen atoms in total. The highest BCUT2D eigenvalue weighted by atomic mass is 16.5. The van der Waals surface area contributed by atoms with Crippen molar-refractivity contribution in [1.29, 1.82) is 0 Å². The van der Waals surface area contributed by atoms with Gasteiger partial charge in [0, 0.05) is 17.0 Å². The average molecular weight is 288 g/mol. The second-order valence-corrected chi connectivity index (χ2v) is 5.84. The molecule has 0 aliphatic carbocycles. The van der Waals surface area contributed by atoms with E-state index in [1.54, 1.807) is 7.11 Å². The summed E-state index contributed by atoms with van der Waals surface area (Å²) < 4.78 is 11.1. The Balaban J connectivity index is 2.15. The summed E-state index contributed by atoms with van der Waals surface area (Å²) in [5, 5.41) is 1.04. The van der Waals surface area contributed by atoms with Crippen molar-refractivity contribution in [3.8, 4) is 5.75 Å². The molecule has 2 aromatic rings. The smallest absolute Gasteiger partial charge is 0.129 e. The van der Waals surface area contributed by atoms with E-state index in [1.165, 1.54) is 0 Å². The molecular weight excluding hydrogens is 264 g/mol. The Labute approximate surface area is 126 Å². The van der Waals surface area contributed by atoms with Gasteiger partial charge in [-0.05, 0) is 37.5 Å². The predicted molar refractivity (Wildman–Crippen MR) is 86.4 cm³/mol. The van der Waals surface area contributed by atoms with Crippen molar-refractivity contribution in [3.05, 3.63) is 29.8 Å². The van der Waals surface area contributed by atoms with E-state index in [-0.39, 0.29) is 6.10 Å². The molecule has 0 aliphatic rings. The summed E-state index contributed by atoms with van der Waals surface area (Å²) in [7, 11) is 1.64. The molecule has 0 radical (unpaired) electrons. The van der Waals surface area contributed by atoms with Gasteiger partial charge in [-0.3, -0.25) is 0 Å². The minimum Gasteiger partial charge on any atom is -0.497 e. The lowest BCUT2D eigenvalue weighted by Gasteiger charge is -2.16. The topological polar surface area (TPSA) is 57.4 Å². The lowest BCUT2D eigenvalue weighted by molar-refractivity contribution is 0.0400. The number of pyridine rings is 1. The molecule has 0 saturated carbocycles. The fourth-order valence-corrected chi connectivity index (χ4v) is 2.41. The van der Waals surface area contributed by atoms with E-state index in [9.17, 15) is 0 Å². The highest BCUT2D eigenvalue weighted by Gasteiger charge is 2.09. The molecule has 4 heteroatoms. The minimum absolute atomic E-state index is 0.218. The van der Waals surface area contributed by atoms with E-state index < -0.39 is 0 Å². The second-order valence-electron chi connectivity index (χ2n) is 5.84. The van der Waals surface area contributed by atoms with Crippen LogP contribution in [0.15, 0.2) is 24.3 Å². The first-order valence-electron chi connectivity index (χ1n) is 7.34. The molecule has 2 rings (SSSR count). The van der Waals surface area contributed by atoms with Gasteiger partial charge < -0.3 is 15.2 Å². The van der Waals surface area contributed by atoms with Crippen LogP contribution >= 0.6 is 0 Å². The molecule has 21 heavy (non-hydrogen) atoms. The normalized spacial score (nSPS) is 12.8. The number of benzene rings is 1.